The quantitative estimate of drug-likeness (QED) is 0.231. The van der Waals surface area contributed by atoms with E-state index in [0.29, 0.717) is 30.8 Å². The zero-order chi connectivity index (χ0) is 29.0. The molecular weight excluding hydrogens is 561 g/mol. The minimum Gasteiger partial charge on any atom is -0.497 e. The molecule has 3 aromatic rings. The Hall–Kier alpha value is -3.69. The number of rotatable bonds is 8. The van der Waals surface area contributed by atoms with Crippen LogP contribution in [0.3, 0.4) is 0 Å². The monoisotopic (exact) mass is 586 g/mol. The van der Waals surface area contributed by atoms with Crippen LogP contribution in [-0.4, -0.2) is 67.9 Å². The number of sulfone groups is 1. The van der Waals surface area contributed by atoms with Crippen molar-refractivity contribution in [3.8, 4) is 5.75 Å². The average molecular weight is 587 g/mol. The van der Waals surface area contributed by atoms with Gasteiger partial charge < -0.3 is 20.5 Å². The van der Waals surface area contributed by atoms with Crippen LogP contribution in [0.1, 0.15) is 16.9 Å². The number of nitrogens with two attached hydrogens (primary N) is 1. The van der Waals surface area contributed by atoms with Crippen LogP contribution < -0.4 is 15.8 Å². The number of likely N-dealkylation sites (tertiary alicyclic amines) is 1. The minimum absolute atomic E-state index is 0.00265. The fourth-order valence-electron chi connectivity index (χ4n) is 3.70. The summed E-state index contributed by atoms with van der Waals surface area (Å²) in [4.78, 5) is 24.5. The van der Waals surface area contributed by atoms with Gasteiger partial charge >= 0.3 is 12.1 Å². The fraction of sp³-hybridized carbons (Fsp3) is 0.292. The normalized spacial score (nSPS) is 15.6. The molecule has 0 spiro atoms. The van der Waals surface area contributed by atoms with E-state index >= 15 is 0 Å². The number of carbonyl (C=O) groups is 2. The third-order valence-electron chi connectivity index (χ3n) is 5.75. The van der Waals surface area contributed by atoms with Crippen LogP contribution in [-0.2, 0) is 26.0 Å². The van der Waals surface area contributed by atoms with E-state index in [2.05, 4.69) is 5.32 Å². The van der Waals surface area contributed by atoms with Crippen molar-refractivity contribution >= 4 is 49.7 Å². The Labute approximate surface area is 225 Å². The summed E-state index contributed by atoms with van der Waals surface area (Å²) in [5, 5.41) is 21.0. The summed E-state index contributed by atoms with van der Waals surface area (Å²) < 4.78 is 62.7. The Morgan fingerprint density at radius 2 is 1.90 bits per heavy atom. The number of nitrogens with zero attached hydrogens (tertiary/aromatic N) is 1. The Kier molecular flexibility index (Phi) is 9.19. The van der Waals surface area contributed by atoms with Crippen LogP contribution in [0, 0.1) is 5.41 Å². The molecule has 0 saturated carbocycles. The van der Waals surface area contributed by atoms with E-state index in [1.807, 2.05) is 12.1 Å². The number of carbonyl (C=O) groups excluding carboxylic acids is 1. The molecule has 2 aromatic carbocycles. The number of carboxylic acids is 1. The van der Waals surface area contributed by atoms with Crippen molar-refractivity contribution in [3.05, 3.63) is 58.3 Å². The molecule has 1 aliphatic rings. The molecule has 4 rings (SSSR count). The molecule has 0 unspecified atom stereocenters. The first-order chi connectivity index (χ1) is 18.2. The van der Waals surface area contributed by atoms with Crippen molar-refractivity contribution in [2.45, 2.75) is 30.1 Å². The van der Waals surface area contributed by atoms with Gasteiger partial charge in [-0.15, -0.1) is 11.3 Å². The maximum Gasteiger partial charge on any atom is 0.490 e. The second-order valence-corrected chi connectivity index (χ2v) is 11.4. The van der Waals surface area contributed by atoms with Gasteiger partial charge in [0, 0.05) is 22.4 Å². The average Bonchev–Trinajstić information content (AvgIpc) is 3.49. The number of nitrogens with one attached hydrogen (secondary N) is 2. The van der Waals surface area contributed by atoms with Gasteiger partial charge in [-0.1, -0.05) is 12.1 Å². The van der Waals surface area contributed by atoms with Crippen LogP contribution in [0.4, 0.5) is 13.2 Å². The second kappa shape index (κ2) is 12.0. The lowest BCUT2D eigenvalue weighted by Gasteiger charge is -2.16. The summed E-state index contributed by atoms with van der Waals surface area (Å²) in [5.41, 5.74) is 6.14. The van der Waals surface area contributed by atoms with Crippen LogP contribution in [0.2, 0.25) is 0 Å². The highest BCUT2D eigenvalue weighted by Crippen LogP contribution is 2.25. The third kappa shape index (κ3) is 7.68. The lowest BCUT2D eigenvalue weighted by molar-refractivity contribution is -0.192. The zero-order valence-electron chi connectivity index (χ0n) is 20.5. The minimum atomic E-state index is -5.08. The molecule has 210 valence electrons. The summed E-state index contributed by atoms with van der Waals surface area (Å²) in [6.45, 7) is 0.966. The molecule has 1 amide bonds. The number of hydrogen-bond acceptors (Lipinski definition) is 8. The number of nitrogen functional groups attached to an aromatic ring is 1. The summed E-state index contributed by atoms with van der Waals surface area (Å²) in [6, 6.07) is 11.7. The number of fused-ring (bicyclic) bond motifs is 1. The second-order valence-electron chi connectivity index (χ2n) is 8.46. The molecule has 2 heterocycles. The molecule has 15 heteroatoms. The van der Waals surface area contributed by atoms with E-state index in [1.54, 1.807) is 47.7 Å². The first-order valence-electron chi connectivity index (χ1n) is 11.3. The first-order valence-corrected chi connectivity index (χ1v) is 13.8. The van der Waals surface area contributed by atoms with Gasteiger partial charge in [0.15, 0.2) is 9.84 Å². The third-order valence-corrected chi connectivity index (χ3v) is 8.19. The highest BCUT2D eigenvalue weighted by Gasteiger charge is 2.38. The van der Waals surface area contributed by atoms with Crippen molar-refractivity contribution in [2.75, 3.05) is 19.5 Å². The Morgan fingerprint density at radius 3 is 2.49 bits per heavy atom. The van der Waals surface area contributed by atoms with E-state index in [9.17, 15) is 26.4 Å². The van der Waals surface area contributed by atoms with Crippen LogP contribution in [0.15, 0.2) is 52.7 Å². The van der Waals surface area contributed by atoms with E-state index in [4.69, 9.17) is 25.8 Å². The molecule has 0 radical (unpaired) electrons. The number of hydrogen-bond donors (Lipinski definition) is 4. The number of thiophene rings is 1. The van der Waals surface area contributed by atoms with Crippen molar-refractivity contribution in [2.24, 2.45) is 5.73 Å². The van der Waals surface area contributed by atoms with Gasteiger partial charge in [0.25, 0.3) is 0 Å². The Bertz CT molecular complexity index is 1490. The molecule has 1 saturated heterocycles. The summed E-state index contributed by atoms with van der Waals surface area (Å²) in [5.74, 6) is -2.55. The number of halogens is 3. The highest BCUT2D eigenvalue weighted by molar-refractivity contribution is 7.91. The summed E-state index contributed by atoms with van der Waals surface area (Å²) >= 11 is 1.45. The molecule has 39 heavy (non-hydrogen) atoms. The zero-order valence-corrected chi connectivity index (χ0v) is 22.1. The van der Waals surface area contributed by atoms with Gasteiger partial charge in [0.1, 0.15) is 17.5 Å². The predicted molar refractivity (Wildman–Crippen MR) is 139 cm³/mol. The molecule has 1 fully saturated rings. The molecule has 5 N–H and O–H groups in total. The van der Waals surface area contributed by atoms with Gasteiger partial charge in [0.05, 0.1) is 24.6 Å². The first kappa shape index (κ1) is 29.9. The predicted octanol–water partition coefficient (Wildman–Crippen LogP) is 2.95. The van der Waals surface area contributed by atoms with Gasteiger partial charge in [0.2, 0.25) is 5.91 Å². The number of methoxy groups -OCH3 is 1. The van der Waals surface area contributed by atoms with Crippen molar-refractivity contribution < 1.29 is 41.0 Å². The number of aliphatic carboxylic acids is 1. The van der Waals surface area contributed by atoms with Crippen molar-refractivity contribution in [1.82, 2.24) is 10.2 Å². The Balaban J connectivity index is 0.000000532. The van der Waals surface area contributed by atoms with Gasteiger partial charge in [-0.25, -0.2) is 13.2 Å². The molecule has 10 nitrogen and oxygen atoms in total. The van der Waals surface area contributed by atoms with Crippen molar-refractivity contribution in [3.63, 3.8) is 0 Å². The standard InChI is InChI=1S/C22H24N4O4S2.C2HF3O2/c1-30-17-4-2-14-3-5-19(10-15(14)8-17)32(28,29)13-25-20-6-7-26(22(20)27)11-18-9-16(12-31-18)21(23)24;3-2(4,5)1(6)7/h2-5,8-10,12,20,25H,6-7,11,13H2,1H3,(H3,23,24);(H,6,7)/t20-;/m0./s1. The molecule has 0 bridgehead atoms. The SMILES string of the molecule is COc1ccc2ccc(S(=O)(=O)CN[C@H]3CCN(Cc4cc(C(=N)N)cs4)C3=O)cc2c1.O=C(O)C(F)(F)F. The van der Waals surface area contributed by atoms with Gasteiger partial charge in [-0.05, 0) is 47.5 Å². The Morgan fingerprint density at radius 1 is 1.23 bits per heavy atom. The molecular formula is C24H25F3N4O6S2. The van der Waals surface area contributed by atoms with E-state index < -0.39 is 28.0 Å². The number of alkyl halides is 3. The lowest BCUT2D eigenvalue weighted by Crippen LogP contribution is -2.40. The van der Waals surface area contributed by atoms with Gasteiger partial charge in [-0.3, -0.25) is 15.5 Å². The van der Waals surface area contributed by atoms with Gasteiger partial charge in [-0.2, -0.15) is 13.2 Å². The summed E-state index contributed by atoms with van der Waals surface area (Å²) in [7, 11) is -2.06. The van der Waals surface area contributed by atoms with Crippen LogP contribution in [0.5, 0.6) is 5.75 Å². The van der Waals surface area contributed by atoms with E-state index in [0.717, 1.165) is 15.6 Å². The number of amidine groups is 1. The largest absolute Gasteiger partial charge is 0.497 e. The van der Waals surface area contributed by atoms with Crippen molar-refractivity contribution in [1.29, 1.82) is 5.41 Å². The summed E-state index contributed by atoms with van der Waals surface area (Å²) in [6.07, 6.45) is -4.55. The smallest absolute Gasteiger partial charge is 0.490 e. The molecule has 1 aliphatic heterocycles. The topological polar surface area (TPSA) is 163 Å². The maximum absolute atomic E-state index is 12.9. The van der Waals surface area contributed by atoms with E-state index in [-0.39, 0.29) is 22.5 Å². The van der Waals surface area contributed by atoms with Crippen LogP contribution in [0.25, 0.3) is 10.8 Å². The number of benzene rings is 2. The van der Waals surface area contributed by atoms with Crippen LogP contribution >= 0.6 is 11.3 Å². The number of amides is 1. The number of ether oxygens (including phenoxy) is 1. The molecule has 1 atom stereocenters. The fourth-order valence-corrected chi connectivity index (χ4v) is 5.76. The highest BCUT2D eigenvalue weighted by atomic mass is 32.2. The lowest BCUT2D eigenvalue weighted by atomic mass is 10.1. The maximum atomic E-state index is 12.9. The molecule has 1 aromatic heterocycles. The number of carboxylic acid groups (broad SMARTS) is 1. The molecule has 0 aliphatic carbocycles. The van der Waals surface area contributed by atoms with E-state index in [1.165, 1.54) is 11.3 Å².